The maximum atomic E-state index is 13.8. The Hall–Kier alpha value is -1.37. The van der Waals surface area contributed by atoms with E-state index in [4.69, 9.17) is 0 Å². The molecule has 1 aliphatic carbocycles. The standard InChI is InChI=1S/C17H20F2N2OS/c1-10-20-14-4-3-5-15(17(14)23-10)21(2)9-16(22)12-7-6-11(18)8-13(12)19/h6-8,15-16,22H,3-5,9H2,1-2H3. The van der Waals surface area contributed by atoms with Crippen molar-refractivity contribution in [3.63, 3.8) is 0 Å². The first-order valence-corrected chi connectivity index (χ1v) is 8.57. The number of aryl methyl sites for hydroxylation is 2. The van der Waals surface area contributed by atoms with Crippen LogP contribution in [-0.4, -0.2) is 28.6 Å². The maximum absolute atomic E-state index is 13.8. The first-order valence-electron chi connectivity index (χ1n) is 7.75. The Morgan fingerprint density at radius 1 is 1.43 bits per heavy atom. The van der Waals surface area contributed by atoms with Gasteiger partial charge in [0.05, 0.1) is 16.8 Å². The van der Waals surface area contributed by atoms with E-state index in [1.165, 1.54) is 17.0 Å². The van der Waals surface area contributed by atoms with E-state index in [1.54, 1.807) is 11.3 Å². The van der Waals surface area contributed by atoms with Crippen LogP contribution in [0, 0.1) is 18.6 Å². The summed E-state index contributed by atoms with van der Waals surface area (Å²) >= 11 is 1.70. The van der Waals surface area contributed by atoms with Crippen LogP contribution in [0.25, 0.3) is 0 Å². The zero-order valence-corrected chi connectivity index (χ0v) is 14.0. The molecule has 0 fully saturated rings. The van der Waals surface area contributed by atoms with Gasteiger partial charge in [0.2, 0.25) is 0 Å². The summed E-state index contributed by atoms with van der Waals surface area (Å²) in [5, 5.41) is 11.4. The van der Waals surface area contributed by atoms with Crippen LogP contribution in [-0.2, 0) is 6.42 Å². The van der Waals surface area contributed by atoms with Crippen molar-refractivity contribution in [2.45, 2.75) is 38.3 Å². The van der Waals surface area contributed by atoms with Gasteiger partial charge in [0.1, 0.15) is 11.6 Å². The van der Waals surface area contributed by atoms with E-state index in [0.717, 1.165) is 36.0 Å². The summed E-state index contributed by atoms with van der Waals surface area (Å²) in [4.78, 5) is 7.87. The molecule has 2 unspecified atom stereocenters. The van der Waals surface area contributed by atoms with E-state index >= 15 is 0 Å². The molecule has 124 valence electrons. The second kappa shape index (κ2) is 6.63. The Balaban J connectivity index is 1.75. The number of aromatic nitrogens is 1. The number of likely N-dealkylation sites (N-methyl/N-ethyl adjacent to an activating group) is 1. The summed E-state index contributed by atoms with van der Waals surface area (Å²) < 4.78 is 26.8. The molecule has 1 aromatic heterocycles. The number of benzene rings is 1. The first kappa shape index (κ1) is 16.5. The Kier molecular flexibility index (Phi) is 4.75. The summed E-state index contributed by atoms with van der Waals surface area (Å²) in [6.45, 7) is 2.30. The van der Waals surface area contributed by atoms with Gasteiger partial charge in [-0.25, -0.2) is 13.8 Å². The van der Waals surface area contributed by atoms with Crippen LogP contribution in [0.3, 0.4) is 0 Å². The van der Waals surface area contributed by atoms with Gasteiger partial charge in [0, 0.05) is 29.1 Å². The lowest BCUT2D eigenvalue weighted by Gasteiger charge is -2.32. The number of hydrogen-bond donors (Lipinski definition) is 1. The SMILES string of the molecule is Cc1nc2c(s1)C(N(C)CC(O)c1ccc(F)cc1F)CCC2. The van der Waals surface area contributed by atoms with E-state index in [1.807, 2.05) is 18.9 Å². The van der Waals surface area contributed by atoms with Crippen LogP contribution in [0.4, 0.5) is 8.78 Å². The highest BCUT2D eigenvalue weighted by Gasteiger charge is 2.28. The van der Waals surface area contributed by atoms with Gasteiger partial charge in [-0.1, -0.05) is 6.07 Å². The Morgan fingerprint density at radius 3 is 2.96 bits per heavy atom. The normalized spacial score (nSPS) is 19.0. The molecule has 2 atom stereocenters. The van der Waals surface area contributed by atoms with Crippen LogP contribution >= 0.6 is 11.3 Å². The third kappa shape index (κ3) is 3.44. The van der Waals surface area contributed by atoms with Crippen LogP contribution in [0.2, 0.25) is 0 Å². The Morgan fingerprint density at radius 2 is 2.22 bits per heavy atom. The van der Waals surface area contributed by atoms with E-state index in [9.17, 15) is 13.9 Å². The fourth-order valence-electron chi connectivity index (χ4n) is 3.21. The highest BCUT2D eigenvalue weighted by atomic mass is 32.1. The Bertz CT molecular complexity index is 704. The van der Waals surface area contributed by atoms with Gasteiger partial charge in [-0.2, -0.15) is 0 Å². The van der Waals surface area contributed by atoms with E-state index in [0.29, 0.717) is 6.54 Å². The van der Waals surface area contributed by atoms with Crippen LogP contribution in [0.5, 0.6) is 0 Å². The molecule has 1 N–H and O–H groups in total. The summed E-state index contributed by atoms with van der Waals surface area (Å²) in [7, 11) is 1.93. The van der Waals surface area contributed by atoms with Crippen molar-refractivity contribution in [1.29, 1.82) is 0 Å². The lowest BCUT2D eigenvalue weighted by Crippen LogP contribution is -2.31. The summed E-state index contributed by atoms with van der Waals surface area (Å²) in [6, 6.07) is 3.49. The highest BCUT2D eigenvalue weighted by Crippen LogP contribution is 2.38. The molecule has 3 rings (SSSR count). The fourth-order valence-corrected chi connectivity index (χ4v) is 4.38. The predicted molar refractivity (Wildman–Crippen MR) is 86.5 cm³/mol. The van der Waals surface area contributed by atoms with Crippen LogP contribution in [0.15, 0.2) is 18.2 Å². The number of rotatable bonds is 4. The van der Waals surface area contributed by atoms with Crippen LogP contribution in [0.1, 0.15) is 46.1 Å². The summed E-state index contributed by atoms with van der Waals surface area (Å²) in [6.07, 6.45) is 2.08. The number of hydrogen-bond acceptors (Lipinski definition) is 4. The zero-order valence-electron chi connectivity index (χ0n) is 13.2. The van der Waals surface area contributed by atoms with Gasteiger partial charge in [0.25, 0.3) is 0 Å². The minimum atomic E-state index is -0.986. The quantitative estimate of drug-likeness (QED) is 0.922. The molecule has 0 spiro atoms. The van der Waals surface area contributed by atoms with Gasteiger partial charge in [0.15, 0.2) is 0 Å². The topological polar surface area (TPSA) is 36.4 Å². The van der Waals surface area contributed by atoms with E-state index in [-0.39, 0.29) is 11.6 Å². The third-order valence-corrected chi connectivity index (χ3v) is 5.46. The van der Waals surface area contributed by atoms with Crippen molar-refractivity contribution >= 4 is 11.3 Å². The van der Waals surface area contributed by atoms with Crippen LogP contribution < -0.4 is 0 Å². The summed E-state index contributed by atoms with van der Waals surface area (Å²) in [5.41, 5.74) is 1.29. The molecule has 0 radical (unpaired) electrons. The second-order valence-electron chi connectivity index (χ2n) is 6.07. The Labute approximate surface area is 138 Å². The van der Waals surface area contributed by atoms with Crippen molar-refractivity contribution < 1.29 is 13.9 Å². The number of nitrogens with zero attached hydrogens (tertiary/aromatic N) is 2. The molecule has 0 aliphatic heterocycles. The van der Waals surface area contributed by atoms with Crippen molar-refractivity contribution in [3.05, 3.63) is 51.0 Å². The van der Waals surface area contributed by atoms with E-state index < -0.39 is 17.7 Å². The number of aliphatic hydroxyl groups is 1. The molecule has 1 heterocycles. The number of fused-ring (bicyclic) bond motifs is 1. The van der Waals surface area contributed by atoms with Gasteiger partial charge >= 0.3 is 0 Å². The predicted octanol–water partition coefficient (Wildman–Crippen LogP) is 3.77. The zero-order chi connectivity index (χ0) is 16.6. The maximum Gasteiger partial charge on any atom is 0.131 e. The molecular weight excluding hydrogens is 318 g/mol. The molecule has 1 aromatic carbocycles. The fraction of sp³-hybridized carbons (Fsp3) is 0.471. The lowest BCUT2D eigenvalue weighted by molar-refractivity contribution is 0.0967. The van der Waals surface area contributed by atoms with Gasteiger partial charge in [-0.15, -0.1) is 11.3 Å². The smallest absolute Gasteiger partial charge is 0.131 e. The summed E-state index contributed by atoms with van der Waals surface area (Å²) in [5.74, 6) is -1.34. The van der Waals surface area contributed by atoms with Crippen molar-refractivity contribution in [3.8, 4) is 0 Å². The molecule has 0 saturated carbocycles. The molecule has 0 amide bonds. The van der Waals surface area contributed by atoms with Gasteiger partial charge in [-0.3, -0.25) is 4.90 Å². The highest BCUT2D eigenvalue weighted by molar-refractivity contribution is 7.11. The first-order chi connectivity index (χ1) is 11.0. The van der Waals surface area contributed by atoms with E-state index in [2.05, 4.69) is 4.98 Å². The number of aliphatic hydroxyl groups excluding tert-OH is 1. The minimum absolute atomic E-state index is 0.134. The number of thiazole rings is 1. The second-order valence-corrected chi connectivity index (χ2v) is 7.31. The molecule has 1 aliphatic rings. The average molecular weight is 338 g/mol. The third-order valence-electron chi connectivity index (χ3n) is 4.34. The van der Waals surface area contributed by atoms with Crippen molar-refractivity contribution in [2.75, 3.05) is 13.6 Å². The van der Waals surface area contributed by atoms with Crippen molar-refractivity contribution in [2.24, 2.45) is 0 Å². The molecular formula is C17H20F2N2OS. The monoisotopic (exact) mass is 338 g/mol. The minimum Gasteiger partial charge on any atom is -0.387 e. The molecule has 0 saturated heterocycles. The van der Waals surface area contributed by atoms with Gasteiger partial charge in [-0.05, 0) is 39.3 Å². The molecule has 0 bridgehead atoms. The largest absolute Gasteiger partial charge is 0.387 e. The van der Waals surface area contributed by atoms with Gasteiger partial charge < -0.3 is 5.11 Å². The van der Waals surface area contributed by atoms with Crippen molar-refractivity contribution in [1.82, 2.24) is 9.88 Å². The molecule has 23 heavy (non-hydrogen) atoms. The molecule has 2 aromatic rings. The molecule has 6 heteroatoms. The lowest BCUT2D eigenvalue weighted by atomic mass is 9.96. The molecule has 3 nitrogen and oxygen atoms in total. The number of halogens is 2. The average Bonchev–Trinajstić information content (AvgIpc) is 2.86.